The molecule has 32 heavy (non-hydrogen) atoms. The minimum atomic E-state index is -2.65. The summed E-state index contributed by atoms with van der Waals surface area (Å²) in [4.78, 5) is 34.0. The van der Waals surface area contributed by atoms with E-state index in [1.165, 1.54) is 6.07 Å². The van der Waals surface area contributed by atoms with Gasteiger partial charge in [0.25, 0.3) is 5.56 Å². The number of fused-ring (bicyclic) bond motifs is 1. The number of halogens is 1. The summed E-state index contributed by atoms with van der Waals surface area (Å²) < 4.78 is 14.8. The average molecular weight is 450 g/mol. The summed E-state index contributed by atoms with van der Waals surface area (Å²) in [5.74, 6) is 0.247. The van der Waals surface area contributed by atoms with Crippen molar-refractivity contribution >= 4 is 29.5 Å². The molecule has 1 aliphatic rings. The van der Waals surface area contributed by atoms with Gasteiger partial charge in [-0.25, -0.2) is 24.4 Å². The number of nitrogens with one attached hydrogen (secondary N) is 1. The van der Waals surface area contributed by atoms with Crippen LogP contribution in [0.2, 0.25) is 0 Å². The van der Waals surface area contributed by atoms with Crippen molar-refractivity contribution in [2.24, 2.45) is 0 Å². The third-order valence-corrected chi connectivity index (χ3v) is 9.04. The lowest BCUT2D eigenvalue weighted by Crippen LogP contribution is -2.40. The zero-order valence-corrected chi connectivity index (χ0v) is 18.2. The van der Waals surface area contributed by atoms with Gasteiger partial charge in [0.1, 0.15) is 12.3 Å². The Bertz CT molecular complexity index is 1320. The quantitative estimate of drug-likeness (QED) is 0.464. The van der Waals surface area contributed by atoms with Gasteiger partial charge in [0.2, 0.25) is 5.95 Å². The molecule has 0 bridgehead atoms. The van der Waals surface area contributed by atoms with Crippen LogP contribution in [-0.4, -0.2) is 50.5 Å². The molecule has 0 atom stereocenters. The topological polar surface area (TPSA) is 95.0 Å². The Hall–Kier alpha value is -3.22. The summed E-state index contributed by atoms with van der Waals surface area (Å²) >= 11 is 0. The fourth-order valence-corrected chi connectivity index (χ4v) is 6.91. The fraction of sp³-hybridized carbons (Fsp3) is 0.217. The molecule has 7 nitrogen and oxygen atoms in total. The van der Waals surface area contributed by atoms with E-state index in [1.54, 1.807) is 36.7 Å². The molecule has 0 spiro atoms. The van der Waals surface area contributed by atoms with Crippen molar-refractivity contribution in [3.05, 3.63) is 88.4 Å². The number of hydrogen-bond acceptors (Lipinski definition) is 6. The van der Waals surface area contributed by atoms with Gasteiger partial charge < -0.3 is 4.90 Å². The van der Waals surface area contributed by atoms with Crippen LogP contribution < -0.4 is 15.8 Å². The molecule has 0 amide bonds. The molecule has 2 N–H and O–H groups in total. The van der Waals surface area contributed by atoms with Gasteiger partial charge in [0.05, 0.1) is 24.2 Å². The second kappa shape index (κ2) is 8.37. The van der Waals surface area contributed by atoms with E-state index in [0.29, 0.717) is 54.2 Å². The molecular formula is C23H22FN5O2P+. The van der Waals surface area contributed by atoms with Crippen LogP contribution in [-0.2, 0) is 6.42 Å². The molecule has 9 heteroatoms. The van der Waals surface area contributed by atoms with Crippen LogP contribution in [0.3, 0.4) is 0 Å². The molecule has 162 valence electrons. The van der Waals surface area contributed by atoms with Gasteiger partial charge in [-0.1, -0.05) is 24.3 Å². The molecule has 2 aromatic heterocycles. The third-order valence-electron chi connectivity index (χ3n) is 5.92. The summed E-state index contributed by atoms with van der Waals surface area (Å²) in [5, 5.41) is 8.50. The lowest BCUT2D eigenvalue weighted by Gasteiger charge is -2.32. The molecule has 0 radical (unpaired) electrons. The first-order valence-corrected chi connectivity index (χ1v) is 12.5. The van der Waals surface area contributed by atoms with E-state index in [4.69, 9.17) is 0 Å². The minimum Gasteiger partial charge on any atom is -0.333 e. The number of hydrogen-bond donors (Lipinski definition) is 2. The lowest BCUT2D eigenvalue weighted by atomic mass is 10.0. The number of H-pyrrole nitrogens is 1. The first-order valence-electron chi connectivity index (χ1n) is 10.4. The molecule has 3 heterocycles. The Morgan fingerprint density at radius 3 is 2.50 bits per heavy atom. The van der Waals surface area contributed by atoms with Crippen LogP contribution in [0.25, 0.3) is 10.8 Å². The van der Waals surface area contributed by atoms with Crippen LogP contribution in [0.5, 0.6) is 0 Å². The van der Waals surface area contributed by atoms with Crippen molar-refractivity contribution in [3.63, 3.8) is 0 Å². The Labute approximate surface area is 184 Å². The van der Waals surface area contributed by atoms with Crippen LogP contribution in [0.1, 0.15) is 11.3 Å². The molecule has 1 saturated heterocycles. The zero-order valence-electron chi connectivity index (χ0n) is 17.3. The molecule has 1 aliphatic heterocycles. The monoisotopic (exact) mass is 450 g/mol. The van der Waals surface area contributed by atoms with Gasteiger partial charge in [0.15, 0.2) is 18.6 Å². The van der Waals surface area contributed by atoms with E-state index >= 15 is 0 Å². The number of aromatic amines is 1. The van der Waals surface area contributed by atoms with E-state index in [0.717, 1.165) is 10.9 Å². The Balaban J connectivity index is 1.41. The minimum absolute atomic E-state index is 0.237. The van der Waals surface area contributed by atoms with Crippen LogP contribution in [0.15, 0.2) is 65.7 Å². The summed E-state index contributed by atoms with van der Waals surface area (Å²) in [6.45, 7) is 1.15. The highest BCUT2D eigenvalue weighted by Gasteiger charge is 2.45. The van der Waals surface area contributed by atoms with Gasteiger partial charge in [-0.2, -0.15) is 5.10 Å². The number of rotatable bonds is 4. The SMILES string of the molecule is O=c1[nH]nc(Cc2ccc(F)c([P+]3(O)CCN(c4ncccn4)CC3)c2)c2ccccc12. The second-order valence-corrected chi connectivity index (χ2v) is 11.1. The first-order chi connectivity index (χ1) is 15.5. The fourth-order valence-electron chi connectivity index (χ4n) is 4.18. The van der Waals surface area contributed by atoms with Gasteiger partial charge in [-0.3, -0.25) is 4.79 Å². The largest absolute Gasteiger partial charge is 0.333 e. The second-order valence-electron chi connectivity index (χ2n) is 7.91. The Kier molecular flexibility index (Phi) is 5.41. The van der Waals surface area contributed by atoms with Gasteiger partial charge in [-0.05, 0) is 29.8 Å². The Morgan fingerprint density at radius 1 is 1.03 bits per heavy atom. The van der Waals surface area contributed by atoms with Crippen LogP contribution >= 0.6 is 7.49 Å². The zero-order chi connectivity index (χ0) is 22.1. The Morgan fingerprint density at radius 2 is 1.75 bits per heavy atom. The molecule has 5 rings (SSSR count). The van der Waals surface area contributed by atoms with Crippen molar-refractivity contribution in [3.8, 4) is 0 Å². The van der Waals surface area contributed by atoms with Crippen molar-refractivity contribution in [1.29, 1.82) is 0 Å². The molecule has 0 saturated carbocycles. The standard InChI is InChI=1S/C23H21FN5O2P/c24-19-7-6-16(14-20-17-4-1-2-5-18(17)22(30)28-27-20)15-21(19)32(31)12-10-29(11-13-32)23-25-8-3-9-26-23/h1-9,15,31H,10-14H2/p+1. The van der Waals surface area contributed by atoms with Crippen molar-refractivity contribution < 1.29 is 9.28 Å². The molecule has 4 aromatic rings. The maximum atomic E-state index is 14.8. The molecule has 0 unspecified atom stereocenters. The van der Waals surface area contributed by atoms with Gasteiger partial charge >= 0.3 is 0 Å². The third kappa shape index (κ3) is 3.87. The summed E-state index contributed by atoms with van der Waals surface area (Å²) in [6, 6.07) is 13.9. The summed E-state index contributed by atoms with van der Waals surface area (Å²) in [6.07, 6.45) is 4.76. The van der Waals surface area contributed by atoms with E-state index < -0.39 is 7.49 Å². The normalized spacial score (nSPS) is 15.8. The van der Waals surface area contributed by atoms with E-state index in [-0.39, 0.29) is 11.4 Å². The lowest BCUT2D eigenvalue weighted by molar-refractivity contribution is 0.585. The van der Waals surface area contributed by atoms with E-state index in [1.807, 2.05) is 23.1 Å². The van der Waals surface area contributed by atoms with Crippen LogP contribution in [0, 0.1) is 5.82 Å². The van der Waals surface area contributed by atoms with Crippen molar-refractivity contribution in [1.82, 2.24) is 20.2 Å². The predicted molar refractivity (Wildman–Crippen MR) is 124 cm³/mol. The predicted octanol–water partition coefficient (Wildman–Crippen LogP) is 2.51. The highest BCUT2D eigenvalue weighted by Crippen LogP contribution is 2.55. The maximum Gasteiger partial charge on any atom is 0.272 e. The highest BCUT2D eigenvalue weighted by molar-refractivity contribution is 7.77. The summed E-state index contributed by atoms with van der Waals surface area (Å²) in [7, 11) is -2.65. The highest BCUT2D eigenvalue weighted by atomic mass is 31.2. The van der Waals surface area contributed by atoms with Gasteiger partial charge in [-0.15, -0.1) is 0 Å². The molecule has 2 aromatic carbocycles. The molecular weight excluding hydrogens is 428 g/mol. The number of benzene rings is 2. The molecule has 1 fully saturated rings. The number of anilines is 1. The summed E-state index contributed by atoms with van der Waals surface area (Å²) in [5.41, 5.74) is 1.31. The van der Waals surface area contributed by atoms with Crippen molar-refractivity contribution in [2.75, 3.05) is 30.3 Å². The van der Waals surface area contributed by atoms with Crippen LogP contribution in [0.4, 0.5) is 10.3 Å². The average Bonchev–Trinajstić information content (AvgIpc) is 2.83. The first kappa shape index (κ1) is 20.7. The van der Waals surface area contributed by atoms with Gasteiger partial charge in [0, 0.05) is 24.2 Å². The van der Waals surface area contributed by atoms with E-state index in [2.05, 4.69) is 20.2 Å². The number of nitrogens with zero attached hydrogens (tertiary/aromatic N) is 4. The smallest absolute Gasteiger partial charge is 0.272 e. The van der Waals surface area contributed by atoms with Crippen molar-refractivity contribution in [2.45, 2.75) is 6.42 Å². The van der Waals surface area contributed by atoms with E-state index in [9.17, 15) is 14.1 Å². The maximum absolute atomic E-state index is 14.8. The number of aromatic nitrogens is 4. The molecule has 0 aliphatic carbocycles.